The van der Waals surface area contributed by atoms with Gasteiger partial charge < -0.3 is 10.5 Å². The molecule has 0 bridgehead atoms. The number of carbonyl (C=O) groups excluding carboxylic acids is 2. The van der Waals surface area contributed by atoms with Crippen LogP contribution in [0, 0.1) is 0 Å². The van der Waals surface area contributed by atoms with E-state index in [-0.39, 0.29) is 23.6 Å². The van der Waals surface area contributed by atoms with Gasteiger partial charge in [-0.15, -0.1) is 0 Å². The molecule has 0 aromatic carbocycles. The van der Waals surface area contributed by atoms with Gasteiger partial charge in [0, 0.05) is 23.6 Å². The van der Waals surface area contributed by atoms with Crippen LogP contribution < -0.4 is 5.73 Å². The predicted molar refractivity (Wildman–Crippen MR) is 54.4 cm³/mol. The standard InChI is InChI=1S/C10H12N2O3/c1-2-15-9(14)3-7-4-12-5-8(6-13)10(7)11/h4-6H,2-3H2,1H3,(H2,11,12). The van der Waals surface area contributed by atoms with Crippen LogP contribution in [0.25, 0.3) is 0 Å². The van der Waals surface area contributed by atoms with Crippen LogP contribution in [0.2, 0.25) is 0 Å². The van der Waals surface area contributed by atoms with Crippen molar-refractivity contribution in [1.82, 2.24) is 4.98 Å². The van der Waals surface area contributed by atoms with Gasteiger partial charge in [0.1, 0.15) is 0 Å². The molecule has 15 heavy (non-hydrogen) atoms. The van der Waals surface area contributed by atoms with E-state index in [0.29, 0.717) is 18.5 Å². The van der Waals surface area contributed by atoms with Crippen molar-refractivity contribution in [3.05, 3.63) is 23.5 Å². The normalized spacial score (nSPS) is 9.67. The second-order valence-corrected chi connectivity index (χ2v) is 2.90. The quantitative estimate of drug-likeness (QED) is 0.578. The number of aldehydes is 1. The molecule has 0 fully saturated rings. The lowest BCUT2D eigenvalue weighted by Crippen LogP contribution is -2.10. The number of rotatable bonds is 4. The first-order valence-electron chi connectivity index (χ1n) is 4.52. The highest BCUT2D eigenvalue weighted by Gasteiger charge is 2.10. The fraction of sp³-hybridized carbons (Fsp3) is 0.300. The molecule has 1 aromatic heterocycles. The van der Waals surface area contributed by atoms with Gasteiger partial charge in [0.05, 0.1) is 18.6 Å². The van der Waals surface area contributed by atoms with Crippen LogP contribution in [0.1, 0.15) is 22.8 Å². The number of carbonyl (C=O) groups is 2. The summed E-state index contributed by atoms with van der Waals surface area (Å²) in [5, 5.41) is 0. The molecule has 0 radical (unpaired) electrons. The molecule has 0 aliphatic heterocycles. The van der Waals surface area contributed by atoms with Crippen molar-refractivity contribution in [1.29, 1.82) is 0 Å². The maximum Gasteiger partial charge on any atom is 0.310 e. The zero-order valence-corrected chi connectivity index (χ0v) is 8.40. The number of aromatic nitrogens is 1. The van der Waals surface area contributed by atoms with Gasteiger partial charge in [0.2, 0.25) is 0 Å². The lowest BCUT2D eigenvalue weighted by Gasteiger charge is -2.06. The third kappa shape index (κ3) is 2.77. The lowest BCUT2D eigenvalue weighted by atomic mass is 10.1. The van der Waals surface area contributed by atoms with E-state index in [4.69, 9.17) is 10.5 Å². The van der Waals surface area contributed by atoms with Gasteiger partial charge >= 0.3 is 5.97 Å². The number of hydrogen-bond donors (Lipinski definition) is 1. The molecule has 5 heteroatoms. The third-order valence-electron chi connectivity index (χ3n) is 1.87. The zero-order chi connectivity index (χ0) is 11.3. The number of nitrogens with two attached hydrogens (primary N) is 1. The predicted octanol–water partition coefficient (Wildman–Crippen LogP) is 0.582. The van der Waals surface area contributed by atoms with E-state index in [1.54, 1.807) is 6.92 Å². The van der Waals surface area contributed by atoms with Crippen LogP contribution in [0.5, 0.6) is 0 Å². The first-order chi connectivity index (χ1) is 7.19. The van der Waals surface area contributed by atoms with Gasteiger partial charge in [-0.1, -0.05) is 0 Å². The second kappa shape index (κ2) is 5.09. The minimum atomic E-state index is -0.381. The molecular formula is C10H12N2O3. The molecule has 1 aromatic rings. The summed E-state index contributed by atoms with van der Waals surface area (Å²) in [6.07, 6.45) is 3.46. The van der Waals surface area contributed by atoms with E-state index in [0.717, 1.165) is 0 Å². The van der Waals surface area contributed by atoms with Crippen molar-refractivity contribution < 1.29 is 14.3 Å². The molecule has 1 rings (SSSR count). The molecule has 1 heterocycles. The van der Waals surface area contributed by atoms with Crippen molar-refractivity contribution in [3.8, 4) is 0 Å². The second-order valence-electron chi connectivity index (χ2n) is 2.90. The van der Waals surface area contributed by atoms with E-state index in [2.05, 4.69) is 4.98 Å². The number of nitrogen functional groups attached to an aromatic ring is 1. The molecule has 0 aliphatic rings. The summed E-state index contributed by atoms with van der Waals surface area (Å²) in [5.74, 6) is -0.381. The number of anilines is 1. The lowest BCUT2D eigenvalue weighted by molar-refractivity contribution is -0.142. The Morgan fingerprint density at radius 3 is 2.93 bits per heavy atom. The molecule has 0 aliphatic carbocycles. The molecule has 0 saturated carbocycles. The van der Waals surface area contributed by atoms with E-state index < -0.39 is 0 Å². The van der Waals surface area contributed by atoms with Gasteiger partial charge in [-0.05, 0) is 6.92 Å². The Bertz CT molecular complexity index is 377. The van der Waals surface area contributed by atoms with E-state index in [1.807, 2.05) is 0 Å². The molecule has 5 nitrogen and oxygen atoms in total. The van der Waals surface area contributed by atoms with E-state index in [1.165, 1.54) is 12.4 Å². The fourth-order valence-electron chi connectivity index (χ4n) is 1.13. The summed E-state index contributed by atoms with van der Waals surface area (Å²) in [6.45, 7) is 2.04. The fourth-order valence-corrected chi connectivity index (χ4v) is 1.13. The number of hydrogen-bond acceptors (Lipinski definition) is 5. The summed E-state index contributed by atoms with van der Waals surface area (Å²) in [4.78, 5) is 25.5. The topological polar surface area (TPSA) is 82.3 Å². The Hall–Kier alpha value is -1.91. The SMILES string of the molecule is CCOC(=O)Cc1cncc(C=O)c1N. The molecule has 80 valence electrons. The molecule has 2 N–H and O–H groups in total. The Morgan fingerprint density at radius 1 is 1.60 bits per heavy atom. The molecule has 0 saturated heterocycles. The van der Waals surface area contributed by atoms with Crippen LogP contribution in [0.15, 0.2) is 12.4 Å². The third-order valence-corrected chi connectivity index (χ3v) is 1.87. The van der Waals surface area contributed by atoms with Gasteiger partial charge in [-0.2, -0.15) is 0 Å². The molecular weight excluding hydrogens is 196 g/mol. The van der Waals surface area contributed by atoms with Gasteiger partial charge in [0.15, 0.2) is 6.29 Å². The first kappa shape index (κ1) is 11.2. The van der Waals surface area contributed by atoms with Crippen LogP contribution in [-0.2, 0) is 16.0 Å². The largest absolute Gasteiger partial charge is 0.466 e. The average molecular weight is 208 g/mol. The van der Waals surface area contributed by atoms with Crippen LogP contribution >= 0.6 is 0 Å². The first-order valence-corrected chi connectivity index (χ1v) is 4.52. The highest BCUT2D eigenvalue weighted by atomic mass is 16.5. The summed E-state index contributed by atoms with van der Waals surface area (Å²) >= 11 is 0. The summed E-state index contributed by atoms with van der Waals surface area (Å²) < 4.78 is 4.76. The van der Waals surface area contributed by atoms with Crippen LogP contribution in [-0.4, -0.2) is 23.8 Å². The maximum absolute atomic E-state index is 11.2. The Kier molecular flexibility index (Phi) is 3.79. The Balaban J connectivity index is 2.85. The number of ether oxygens (including phenoxy) is 1. The summed E-state index contributed by atoms with van der Waals surface area (Å²) in [7, 11) is 0. The number of nitrogens with zero attached hydrogens (tertiary/aromatic N) is 1. The molecule has 0 spiro atoms. The van der Waals surface area contributed by atoms with Crippen molar-refractivity contribution in [2.24, 2.45) is 0 Å². The van der Waals surface area contributed by atoms with Crippen molar-refractivity contribution >= 4 is 17.9 Å². The van der Waals surface area contributed by atoms with Crippen molar-refractivity contribution in [3.63, 3.8) is 0 Å². The summed E-state index contributed by atoms with van der Waals surface area (Å²) in [5.41, 5.74) is 6.75. The Morgan fingerprint density at radius 2 is 2.33 bits per heavy atom. The van der Waals surface area contributed by atoms with Gasteiger partial charge in [0.25, 0.3) is 0 Å². The maximum atomic E-state index is 11.2. The highest BCUT2D eigenvalue weighted by molar-refractivity contribution is 5.85. The number of pyridine rings is 1. The minimum Gasteiger partial charge on any atom is -0.466 e. The van der Waals surface area contributed by atoms with E-state index in [9.17, 15) is 9.59 Å². The monoisotopic (exact) mass is 208 g/mol. The average Bonchev–Trinajstić information content (AvgIpc) is 2.21. The summed E-state index contributed by atoms with van der Waals surface area (Å²) in [6, 6.07) is 0. The van der Waals surface area contributed by atoms with Crippen LogP contribution in [0.3, 0.4) is 0 Å². The van der Waals surface area contributed by atoms with Crippen molar-refractivity contribution in [2.45, 2.75) is 13.3 Å². The smallest absolute Gasteiger partial charge is 0.310 e. The van der Waals surface area contributed by atoms with Crippen LogP contribution in [0.4, 0.5) is 5.69 Å². The van der Waals surface area contributed by atoms with Gasteiger partial charge in [-0.25, -0.2) is 0 Å². The van der Waals surface area contributed by atoms with Crippen molar-refractivity contribution in [2.75, 3.05) is 12.3 Å². The highest BCUT2D eigenvalue weighted by Crippen LogP contribution is 2.14. The van der Waals surface area contributed by atoms with Gasteiger partial charge in [-0.3, -0.25) is 14.6 Å². The van der Waals surface area contributed by atoms with E-state index >= 15 is 0 Å². The molecule has 0 atom stereocenters. The minimum absolute atomic E-state index is 0.0361. The molecule has 0 unspecified atom stereocenters. The number of esters is 1. The zero-order valence-electron chi connectivity index (χ0n) is 8.40. The Labute approximate surface area is 87.3 Å². The molecule has 0 amide bonds.